The number of carbonyl (C=O) groups excluding carboxylic acids is 1. The van der Waals surface area contributed by atoms with Crippen molar-refractivity contribution in [3.05, 3.63) is 0 Å². The second kappa shape index (κ2) is 4.84. The number of aliphatic hydroxyl groups is 5. The molecule has 0 aromatic heterocycles. The molecule has 6 atom stereocenters. The van der Waals surface area contributed by atoms with Crippen molar-refractivity contribution in [2.75, 3.05) is 0 Å². The van der Waals surface area contributed by atoms with Gasteiger partial charge in [-0.15, -0.1) is 0 Å². The number of hydrogen-bond acceptors (Lipinski definition) is 8. The Kier molecular flexibility index (Phi) is 4.07. The molecule has 0 spiro atoms. The quantitative estimate of drug-likeness (QED) is 0.338. The van der Waals surface area contributed by atoms with Crippen LogP contribution < -0.4 is 5.11 Å². The van der Waals surface area contributed by atoms with Crippen LogP contribution in [-0.2, 0) is 9.53 Å². The maximum Gasteiger partial charge on any atom is 0.210 e. The molecule has 0 saturated carbocycles. The number of aliphatic carboxylic acids is 1. The summed E-state index contributed by atoms with van der Waals surface area (Å²) in [5.41, 5.74) is 0. The molecule has 5 unspecified atom stereocenters. The van der Waals surface area contributed by atoms with Crippen molar-refractivity contribution in [1.29, 1.82) is 0 Å². The predicted molar refractivity (Wildman–Crippen MR) is 49.1 cm³/mol. The summed E-state index contributed by atoms with van der Waals surface area (Å²) in [6, 6.07) is 0. The van der Waals surface area contributed by atoms with E-state index in [-0.39, 0.29) is 0 Å². The number of carboxylic acid groups (broad SMARTS) is 1. The van der Waals surface area contributed by atoms with Gasteiger partial charge in [0.1, 0.15) is 24.3 Å². The third kappa shape index (κ3) is 2.73. The van der Waals surface area contributed by atoms with Crippen LogP contribution in [0.1, 0.15) is 13.3 Å². The lowest BCUT2D eigenvalue weighted by Crippen LogP contribution is -2.65. The van der Waals surface area contributed by atoms with Crippen molar-refractivity contribution in [1.82, 2.24) is 0 Å². The van der Waals surface area contributed by atoms with Crippen molar-refractivity contribution in [2.24, 2.45) is 0 Å². The zero-order valence-corrected chi connectivity index (χ0v) is 9.05. The molecule has 0 aliphatic carbocycles. The van der Waals surface area contributed by atoms with Gasteiger partial charge in [-0.2, -0.15) is 0 Å². The van der Waals surface area contributed by atoms with Crippen molar-refractivity contribution in [3.63, 3.8) is 0 Å². The molecule has 0 aromatic carbocycles. The topological polar surface area (TPSA) is 151 Å². The van der Waals surface area contributed by atoms with Crippen LogP contribution in [-0.4, -0.2) is 67.8 Å². The van der Waals surface area contributed by atoms with Crippen LogP contribution in [0, 0.1) is 0 Å². The van der Waals surface area contributed by atoms with E-state index in [1.54, 1.807) is 0 Å². The summed E-state index contributed by atoms with van der Waals surface area (Å²) < 4.78 is 4.61. The highest BCUT2D eigenvalue weighted by Crippen LogP contribution is 2.29. The maximum absolute atomic E-state index is 10.6. The van der Waals surface area contributed by atoms with Crippen LogP contribution in [0.4, 0.5) is 0 Å². The van der Waals surface area contributed by atoms with Crippen LogP contribution >= 0.6 is 0 Å². The van der Waals surface area contributed by atoms with E-state index in [0.717, 1.165) is 0 Å². The third-order valence-electron chi connectivity index (χ3n) is 2.70. The van der Waals surface area contributed by atoms with E-state index in [1.807, 2.05) is 0 Å². The third-order valence-corrected chi connectivity index (χ3v) is 2.70. The highest BCUT2D eigenvalue weighted by Gasteiger charge is 2.49. The molecule has 0 radical (unpaired) electrons. The Hall–Kier alpha value is -0.770. The number of aliphatic hydroxyl groups excluding tert-OH is 4. The molecule has 1 aliphatic rings. The largest absolute Gasteiger partial charge is 0.544 e. The molecular formula is C9H15O8-. The molecule has 0 aromatic rings. The monoisotopic (exact) mass is 251 g/mol. The van der Waals surface area contributed by atoms with Gasteiger partial charge in [0.15, 0.2) is 0 Å². The van der Waals surface area contributed by atoms with Crippen molar-refractivity contribution in [3.8, 4) is 0 Å². The molecule has 1 fully saturated rings. The van der Waals surface area contributed by atoms with Gasteiger partial charge in [0.05, 0.1) is 12.2 Å². The summed E-state index contributed by atoms with van der Waals surface area (Å²) in [5.74, 6) is -4.80. The molecule has 0 amide bonds. The second-order valence-corrected chi connectivity index (χ2v) is 4.15. The van der Waals surface area contributed by atoms with E-state index in [2.05, 4.69) is 4.74 Å². The number of hydrogen-bond donors (Lipinski definition) is 5. The molecule has 1 heterocycles. The number of carbonyl (C=O) groups is 1. The molecule has 8 heteroatoms. The molecule has 17 heavy (non-hydrogen) atoms. The molecule has 1 saturated heterocycles. The highest BCUT2D eigenvalue weighted by molar-refractivity contribution is 5.73. The lowest BCUT2D eigenvalue weighted by atomic mass is 9.91. The van der Waals surface area contributed by atoms with Gasteiger partial charge in [0, 0.05) is 6.42 Å². The Labute approximate surface area is 96.7 Å². The molecule has 5 N–H and O–H groups in total. The minimum Gasteiger partial charge on any atom is -0.544 e. The maximum atomic E-state index is 10.6. The van der Waals surface area contributed by atoms with Gasteiger partial charge in [-0.25, -0.2) is 0 Å². The summed E-state index contributed by atoms with van der Waals surface area (Å²) in [6.07, 6.45) is -8.68. The SMILES string of the molecule is CC(O)C(O)C1OC(O)(C(=O)[O-])CC(O)[C@@H]1O. The van der Waals surface area contributed by atoms with Crippen LogP contribution in [0.15, 0.2) is 0 Å². The van der Waals surface area contributed by atoms with E-state index < -0.39 is 48.7 Å². The van der Waals surface area contributed by atoms with Gasteiger partial charge < -0.3 is 40.2 Å². The smallest absolute Gasteiger partial charge is 0.210 e. The molecule has 1 aliphatic heterocycles. The van der Waals surface area contributed by atoms with E-state index in [0.29, 0.717) is 0 Å². The molecular weight excluding hydrogens is 236 g/mol. The summed E-state index contributed by atoms with van der Waals surface area (Å²) >= 11 is 0. The Bertz CT molecular complexity index is 289. The van der Waals surface area contributed by atoms with Gasteiger partial charge in [-0.05, 0) is 6.92 Å². The predicted octanol–water partition coefficient (Wildman–Crippen LogP) is -4.32. The number of ether oxygens (including phenoxy) is 1. The van der Waals surface area contributed by atoms with Gasteiger partial charge in [0.2, 0.25) is 5.79 Å². The molecule has 0 bridgehead atoms. The Morgan fingerprint density at radius 1 is 1.47 bits per heavy atom. The van der Waals surface area contributed by atoms with Crippen molar-refractivity contribution >= 4 is 5.97 Å². The van der Waals surface area contributed by atoms with E-state index in [9.17, 15) is 30.3 Å². The minimum absolute atomic E-state index is 0.792. The first-order valence-corrected chi connectivity index (χ1v) is 5.03. The van der Waals surface area contributed by atoms with Gasteiger partial charge >= 0.3 is 0 Å². The van der Waals surface area contributed by atoms with E-state index in [4.69, 9.17) is 5.11 Å². The Balaban J connectivity index is 2.93. The summed E-state index contributed by atoms with van der Waals surface area (Å²) in [4.78, 5) is 10.6. The summed E-state index contributed by atoms with van der Waals surface area (Å²) in [5, 5.41) is 57.6. The van der Waals surface area contributed by atoms with Crippen molar-refractivity contribution < 1.29 is 40.2 Å². The standard InChI is InChI=1S/C9H16O8/c1-3(10)5(12)7-6(13)4(11)2-9(16,17-7)8(14)15/h3-7,10-13,16H,2H2,1H3,(H,14,15)/p-1/t3?,4?,5?,6-,7?,9?/m0/s1. The first-order valence-electron chi connectivity index (χ1n) is 5.03. The van der Waals surface area contributed by atoms with Crippen LogP contribution in [0.2, 0.25) is 0 Å². The van der Waals surface area contributed by atoms with E-state index >= 15 is 0 Å². The van der Waals surface area contributed by atoms with Gasteiger partial charge in [0.25, 0.3) is 0 Å². The average molecular weight is 251 g/mol. The highest BCUT2D eigenvalue weighted by atomic mass is 16.7. The Morgan fingerprint density at radius 2 is 2.00 bits per heavy atom. The summed E-state index contributed by atoms with van der Waals surface area (Å²) in [7, 11) is 0. The molecule has 8 nitrogen and oxygen atoms in total. The fourth-order valence-electron chi connectivity index (χ4n) is 1.64. The van der Waals surface area contributed by atoms with Gasteiger partial charge in [-0.3, -0.25) is 0 Å². The first-order chi connectivity index (χ1) is 7.69. The van der Waals surface area contributed by atoms with E-state index in [1.165, 1.54) is 6.92 Å². The minimum atomic E-state index is -2.81. The Morgan fingerprint density at radius 3 is 2.41 bits per heavy atom. The fourth-order valence-corrected chi connectivity index (χ4v) is 1.64. The second-order valence-electron chi connectivity index (χ2n) is 4.15. The molecule has 100 valence electrons. The fraction of sp³-hybridized carbons (Fsp3) is 0.889. The van der Waals surface area contributed by atoms with Crippen molar-refractivity contribution in [2.45, 2.75) is 49.7 Å². The van der Waals surface area contributed by atoms with Crippen LogP contribution in [0.5, 0.6) is 0 Å². The molecule has 1 rings (SSSR count). The zero-order valence-electron chi connectivity index (χ0n) is 9.05. The number of rotatable bonds is 3. The normalized spacial score (nSPS) is 41.9. The van der Waals surface area contributed by atoms with Gasteiger partial charge in [-0.1, -0.05) is 0 Å². The first kappa shape index (κ1) is 14.3. The average Bonchev–Trinajstić information content (AvgIpc) is 2.22. The van der Waals surface area contributed by atoms with Crippen LogP contribution in [0.3, 0.4) is 0 Å². The van der Waals surface area contributed by atoms with Crippen LogP contribution in [0.25, 0.3) is 0 Å². The lowest BCUT2D eigenvalue weighted by Gasteiger charge is -2.44. The zero-order chi connectivity index (χ0) is 13.4. The lowest BCUT2D eigenvalue weighted by molar-refractivity contribution is -0.379. The summed E-state index contributed by atoms with van der Waals surface area (Å²) in [6.45, 7) is 1.18. The number of carboxylic acids is 1.